The molecule has 2 rings (SSSR count). The molecule has 3 atom stereocenters. The SMILES string of the molecule is CC1(C(=O)N2CCCC[C@H]2C(=O)O)CCCC1N. The molecule has 0 aromatic heterocycles. The molecule has 1 saturated heterocycles. The number of hydrogen-bond acceptors (Lipinski definition) is 3. The summed E-state index contributed by atoms with van der Waals surface area (Å²) in [5.41, 5.74) is 5.48. The van der Waals surface area contributed by atoms with E-state index >= 15 is 0 Å². The third-order valence-corrected chi connectivity index (χ3v) is 4.57. The van der Waals surface area contributed by atoms with Crippen LogP contribution < -0.4 is 5.73 Å². The Bertz CT molecular complexity index is 358. The molecule has 1 aliphatic heterocycles. The van der Waals surface area contributed by atoms with E-state index in [4.69, 9.17) is 5.73 Å². The van der Waals surface area contributed by atoms with Crippen LogP contribution in [0.2, 0.25) is 0 Å². The number of carbonyl (C=O) groups is 2. The van der Waals surface area contributed by atoms with Crippen LogP contribution in [0.15, 0.2) is 0 Å². The van der Waals surface area contributed by atoms with Crippen LogP contribution in [0.1, 0.15) is 45.4 Å². The lowest BCUT2D eigenvalue weighted by Gasteiger charge is -2.39. The van der Waals surface area contributed by atoms with Crippen LogP contribution in [0.3, 0.4) is 0 Å². The summed E-state index contributed by atoms with van der Waals surface area (Å²) < 4.78 is 0. The summed E-state index contributed by atoms with van der Waals surface area (Å²) in [6.07, 6.45) is 4.91. The van der Waals surface area contributed by atoms with E-state index in [1.54, 1.807) is 4.90 Å². The molecule has 2 aliphatic rings. The Hall–Kier alpha value is -1.10. The van der Waals surface area contributed by atoms with E-state index < -0.39 is 17.4 Å². The molecule has 1 aliphatic carbocycles. The molecule has 0 spiro atoms. The predicted molar refractivity (Wildman–Crippen MR) is 66.9 cm³/mol. The third kappa shape index (κ3) is 2.11. The molecule has 1 heterocycles. The molecular weight excluding hydrogens is 232 g/mol. The van der Waals surface area contributed by atoms with Gasteiger partial charge < -0.3 is 15.7 Å². The van der Waals surface area contributed by atoms with Gasteiger partial charge in [0, 0.05) is 12.6 Å². The highest BCUT2D eigenvalue weighted by Gasteiger charge is 2.47. The molecule has 1 saturated carbocycles. The average molecular weight is 254 g/mol. The maximum absolute atomic E-state index is 12.6. The van der Waals surface area contributed by atoms with Crippen molar-refractivity contribution in [2.45, 2.75) is 57.5 Å². The Morgan fingerprint density at radius 2 is 2.00 bits per heavy atom. The van der Waals surface area contributed by atoms with Gasteiger partial charge in [0.05, 0.1) is 5.41 Å². The minimum atomic E-state index is -0.891. The van der Waals surface area contributed by atoms with E-state index in [1.807, 2.05) is 6.92 Å². The lowest BCUT2D eigenvalue weighted by Crippen LogP contribution is -2.56. The van der Waals surface area contributed by atoms with Crippen LogP contribution >= 0.6 is 0 Å². The molecule has 2 unspecified atom stereocenters. The molecular formula is C13H22N2O3. The van der Waals surface area contributed by atoms with Crippen molar-refractivity contribution >= 4 is 11.9 Å². The van der Waals surface area contributed by atoms with Gasteiger partial charge in [-0.1, -0.05) is 6.42 Å². The number of nitrogens with two attached hydrogens (primary N) is 1. The number of nitrogens with zero attached hydrogens (tertiary/aromatic N) is 1. The topological polar surface area (TPSA) is 83.6 Å². The maximum atomic E-state index is 12.6. The number of hydrogen-bond donors (Lipinski definition) is 2. The first-order valence-electron chi connectivity index (χ1n) is 6.76. The first-order valence-corrected chi connectivity index (χ1v) is 6.76. The average Bonchev–Trinajstić information content (AvgIpc) is 2.70. The fourth-order valence-electron chi connectivity index (χ4n) is 3.22. The van der Waals surface area contributed by atoms with E-state index in [2.05, 4.69) is 0 Å². The predicted octanol–water partition coefficient (Wildman–Crippen LogP) is 0.970. The number of piperidine rings is 1. The van der Waals surface area contributed by atoms with Crippen LogP contribution in [-0.2, 0) is 9.59 Å². The molecule has 3 N–H and O–H groups in total. The Kier molecular flexibility index (Phi) is 3.61. The fraction of sp³-hybridized carbons (Fsp3) is 0.846. The zero-order chi connectivity index (χ0) is 13.3. The first kappa shape index (κ1) is 13.3. The van der Waals surface area contributed by atoms with Crippen molar-refractivity contribution in [3.8, 4) is 0 Å². The minimum Gasteiger partial charge on any atom is -0.480 e. The molecule has 18 heavy (non-hydrogen) atoms. The van der Waals surface area contributed by atoms with Gasteiger partial charge in [-0.2, -0.15) is 0 Å². The largest absolute Gasteiger partial charge is 0.480 e. The summed E-state index contributed by atoms with van der Waals surface area (Å²) in [6.45, 7) is 2.44. The van der Waals surface area contributed by atoms with Crippen molar-refractivity contribution in [1.82, 2.24) is 4.90 Å². The van der Waals surface area contributed by atoms with Gasteiger partial charge in [0.1, 0.15) is 6.04 Å². The Morgan fingerprint density at radius 1 is 1.28 bits per heavy atom. The zero-order valence-electron chi connectivity index (χ0n) is 10.9. The van der Waals surface area contributed by atoms with Gasteiger partial charge in [-0.15, -0.1) is 0 Å². The number of rotatable bonds is 2. The highest BCUT2D eigenvalue weighted by atomic mass is 16.4. The van der Waals surface area contributed by atoms with Gasteiger partial charge >= 0.3 is 5.97 Å². The number of amides is 1. The van der Waals surface area contributed by atoms with Crippen LogP contribution in [0.4, 0.5) is 0 Å². The van der Waals surface area contributed by atoms with Crippen molar-refractivity contribution in [2.75, 3.05) is 6.54 Å². The van der Waals surface area contributed by atoms with E-state index in [1.165, 1.54) is 0 Å². The van der Waals surface area contributed by atoms with Crippen LogP contribution in [0.25, 0.3) is 0 Å². The van der Waals surface area contributed by atoms with Crippen LogP contribution in [0.5, 0.6) is 0 Å². The number of carbonyl (C=O) groups excluding carboxylic acids is 1. The number of aliphatic carboxylic acids is 1. The fourth-order valence-corrected chi connectivity index (χ4v) is 3.22. The van der Waals surface area contributed by atoms with E-state index in [0.29, 0.717) is 13.0 Å². The summed E-state index contributed by atoms with van der Waals surface area (Å²) in [7, 11) is 0. The maximum Gasteiger partial charge on any atom is 0.326 e. The van der Waals surface area contributed by atoms with Crippen molar-refractivity contribution in [1.29, 1.82) is 0 Å². The van der Waals surface area contributed by atoms with Crippen molar-refractivity contribution < 1.29 is 14.7 Å². The van der Waals surface area contributed by atoms with Crippen LogP contribution in [0, 0.1) is 5.41 Å². The first-order chi connectivity index (χ1) is 8.47. The Balaban J connectivity index is 2.18. The quantitative estimate of drug-likeness (QED) is 0.769. The summed E-state index contributed by atoms with van der Waals surface area (Å²) in [6, 6.07) is -0.794. The molecule has 0 aromatic rings. The minimum absolute atomic E-state index is 0.0559. The number of likely N-dealkylation sites (tertiary alicyclic amines) is 1. The highest BCUT2D eigenvalue weighted by molar-refractivity contribution is 5.88. The summed E-state index contributed by atoms with van der Waals surface area (Å²) >= 11 is 0. The van der Waals surface area contributed by atoms with Crippen molar-refractivity contribution in [3.05, 3.63) is 0 Å². The second-order valence-corrected chi connectivity index (χ2v) is 5.76. The van der Waals surface area contributed by atoms with Gasteiger partial charge in [0.25, 0.3) is 0 Å². The van der Waals surface area contributed by atoms with Gasteiger partial charge in [0.15, 0.2) is 0 Å². The smallest absolute Gasteiger partial charge is 0.326 e. The molecule has 5 nitrogen and oxygen atoms in total. The Morgan fingerprint density at radius 3 is 2.56 bits per heavy atom. The molecule has 2 fully saturated rings. The molecule has 102 valence electrons. The van der Waals surface area contributed by atoms with E-state index in [9.17, 15) is 14.7 Å². The van der Waals surface area contributed by atoms with Crippen molar-refractivity contribution in [3.63, 3.8) is 0 Å². The summed E-state index contributed by atoms with van der Waals surface area (Å²) in [5.74, 6) is -0.946. The molecule has 5 heteroatoms. The lowest BCUT2D eigenvalue weighted by atomic mass is 9.82. The molecule has 0 bridgehead atoms. The van der Waals surface area contributed by atoms with Gasteiger partial charge in [0.2, 0.25) is 5.91 Å². The zero-order valence-corrected chi connectivity index (χ0v) is 10.9. The molecule has 1 amide bonds. The second-order valence-electron chi connectivity index (χ2n) is 5.76. The van der Waals surface area contributed by atoms with Gasteiger partial charge in [-0.05, 0) is 39.0 Å². The monoisotopic (exact) mass is 254 g/mol. The standard InChI is InChI=1S/C13H22N2O3/c1-13(7-4-6-10(13)14)12(18)15-8-3-2-5-9(15)11(16)17/h9-10H,2-8,14H2,1H3,(H,16,17)/t9-,10?,13?/m0/s1. The van der Waals surface area contributed by atoms with E-state index in [0.717, 1.165) is 32.1 Å². The third-order valence-electron chi connectivity index (χ3n) is 4.57. The molecule has 0 aromatic carbocycles. The van der Waals surface area contributed by atoms with Gasteiger partial charge in [-0.3, -0.25) is 4.79 Å². The Labute approximate surface area is 107 Å². The lowest BCUT2D eigenvalue weighted by molar-refractivity contribution is -0.157. The number of carboxylic acids is 1. The van der Waals surface area contributed by atoms with Crippen molar-refractivity contribution in [2.24, 2.45) is 11.1 Å². The summed E-state index contributed by atoms with van der Waals surface area (Å²) in [5, 5.41) is 9.23. The highest BCUT2D eigenvalue weighted by Crippen LogP contribution is 2.39. The van der Waals surface area contributed by atoms with Crippen LogP contribution in [-0.4, -0.2) is 40.5 Å². The van der Waals surface area contributed by atoms with Gasteiger partial charge in [-0.25, -0.2) is 4.79 Å². The second kappa shape index (κ2) is 4.88. The van der Waals surface area contributed by atoms with E-state index in [-0.39, 0.29) is 11.9 Å². The number of carboxylic acid groups (broad SMARTS) is 1. The normalized spacial score (nSPS) is 36.7. The summed E-state index contributed by atoms with van der Waals surface area (Å²) in [4.78, 5) is 25.4. The molecule has 0 radical (unpaired) electrons.